The van der Waals surface area contributed by atoms with Crippen LogP contribution >= 0.6 is 0 Å². The minimum absolute atomic E-state index is 0.133. The first-order valence-corrected chi connectivity index (χ1v) is 4.40. The standard InChI is InChI=1S/C9H14O3/c1-11-9(2-3-12-6-9)8-4-7(8)5-10/h5,7-8H,2-4,6H2,1H3/t7-,8+,9+/m0/s1. The molecule has 2 rings (SSSR count). The van der Waals surface area contributed by atoms with E-state index >= 15 is 0 Å². The van der Waals surface area contributed by atoms with Crippen LogP contribution in [0.3, 0.4) is 0 Å². The van der Waals surface area contributed by atoms with Crippen molar-refractivity contribution in [3.8, 4) is 0 Å². The van der Waals surface area contributed by atoms with E-state index < -0.39 is 0 Å². The average molecular weight is 170 g/mol. The molecule has 1 aliphatic heterocycles. The Morgan fingerprint density at radius 3 is 2.92 bits per heavy atom. The smallest absolute Gasteiger partial charge is 0.123 e. The fourth-order valence-corrected chi connectivity index (χ4v) is 2.14. The molecule has 2 aliphatic rings. The predicted octanol–water partition coefficient (Wildman–Crippen LogP) is 0.627. The maximum Gasteiger partial charge on any atom is 0.123 e. The van der Waals surface area contributed by atoms with Crippen molar-refractivity contribution in [2.75, 3.05) is 20.3 Å². The lowest BCUT2D eigenvalue weighted by atomic mass is 9.95. The first kappa shape index (κ1) is 8.20. The molecule has 0 radical (unpaired) electrons. The summed E-state index contributed by atoms with van der Waals surface area (Å²) in [5, 5.41) is 0. The number of carbonyl (C=O) groups is 1. The Kier molecular flexibility index (Phi) is 1.93. The van der Waals surface area contributed by atoms with Crippen molar-refractivity contribution in [1.29, 1.82) is 0 Å². The summed E-state index contributed by atoms with van der Waals surface area (Å²) in [5.41, 5.74) is -0.133. The average Bonchev–Trinajstić information content (AvgIpc) is 2.76. The van der Waals surface area contributed by atoms with Crippen molar-refractivity contribution in [2.45, 2.75) is 18.4 Å². The van der Waals surface area contributed by atoms with Gasteiger partial charge in [-0.1, -0.05) is 0 Å². The zero-order valence-electron chi connectivity index (χ0n) is 7.29. The lowest BCUT2D eigenvalue weighted by molar-refractivity contribution is -0.110. The van der Waals surface area contributed by atoms with E-state index in [4.69, 9.17) is 9.47 Å². The molecule has 0 aromatic rings. The molecule has 0 bridgehead atoms. The van der Waals surface area contributed by atoms with Crippen LogP contribution in [0.25, 0.3) is 0 Å². The Bertz CT molecular complexity index is 184. The van der Waals surface area contributed by atoms with Crippen LogP contribution in [0.15, 0.2) is 0 Å². The van der Waals surface area contributed by atoms with Crippen LogP contribution in [-0.2, 0) is 14.3 Å². The first-order valence-electron chi connectivity index (χ1n) is 4.40. The Morgan fingerprint density at radius 2 is 2.50 bits per heavy atom. The molecular formula is C9H14O3. The van der Waals surface area contributed by atoms with Crippen LogP contribution in [0.2, 0.25) is 0 Å². The van der Waals surface area contributed by atoms with Crippen LogP contribution in [0.1, 0.15) is 12.8 Å². The topological polar surface area (TPSA) is 35.5 Å². The summed E-state index contributed by atoms with van der Waals surface area (Å²) < 4.78 is 10.8. The number of carbonyl (C=O) groups excluding carboxylic acids is 1. The highest BCUT2D eigenvalue weighted by molar-refractivity contribution is 5.59. The lowest BCUT2D eigenvalue weighted by Crippen LogP contribution is -2.35. The van der Waals surface area contributed by atoms with Crippen molar-refractivity contribution in [3.05, 3.63) is 0 Å². The summed E-state index contributed by atoms with van der Waals surface area (Å²) in [6, 6.07) is 0. The van der Waals surface area contributed by atoms with Gasteiger partial charge in [0.15, 0.2) is 0 Å². The van der Waals surface area contributed by atoms with Gasteiger partial charge < -0.3 is 14.3 Å². The van der Waals surface area contributed by atoms with Gasteiger partial charge in [-0.15, -0.1) is 0 Å². The fraction of sp³-hybridized carbons (Fsp3) is 0.889. The first-order chi connectivity index (χ1) is 5.82. The summed E-state index contributed by atoms with van der Waals surface area (Å²) >= 11 is 0. The third-order valence-electron chi connectivity index (χ3n) is 3.11. The molecule has 0 amide bonds. The number of rotatable bonds is 3. The van der Waals surface area contributed by atoms with Crippen LogP contribution in [0.4, 0.5) is 0 Å². The van der Waals surface area contributed by atoms with Gasteiger partial charge in [-0.2, -0.15) is 0 Å². The molecule has 0 unspecified atom stereocenters. The normalized spacial score (nSPS) is 46.1. The van der Waals surface area contributed by atoms with E-state index in [-0.39, 0.29) is 11.5 Å². The monoisotopic (exact) mass is 170 g/mol. The van der Waals surface area contributed by atoms with Gasteiger partial charge in [-0.25, -0.2) is 0 Å². The summed E-state index contributed by atoms with van der Waals surface area (Å²) in [6.07, 6.45) is 2.98. The van der Waals surface area contributed by atoms with E-state index in [1.807, 2.05) is 0 Å². The van der Waals surface area contributed by atoms with Crippen LogP contribution < -0.4 is 0 Å². The van der Waals surface area contributed by atoms with Gasteiger partial charge in [-0.05, 0) is 6.42 Å². The highest BCUT2D eigenvalue weighted by Crippen LogP contribution is 2.49. The van der Waals surface area contributed by atoms with Crippen LogP contribution in [0, 0.1) is 11.8 Å². The molecule has 12 heavy (non-hydrogen) atoms. The molecule has 3 atom stereocenters. The third kappa shape index (κ3) is 1.08. The van der Waals surface area contributed by atoms with Gasteiger partial charge in [-0.3, -0.25) is 0 Å². The van der Waals surface area contributed by atoms with Crippen LogP contribution in [0.5, 0.6) is 0 Å². The molecule has 1 saturated heterocycles. The molecule has 3 nitrogen and oxygen atoms in total. The second kappa shape index (κ2) is 2.82. The van der Waals surface area contributed by atoms with Gasteiger partial charge in [0.2, 0.25) is 0 Å². The van der Waals surface area contributed by atoms with Gasteiger partial charge in [0, 0.05) is 32.0 Å². The SMILES string of the molecule is CO[C@]1([C@@H]2C[C@H]2C=O)CCOC1. The number of ether oxygens (including phenoxy) is 2. The summed E-state index contributed by atoms with van der Waals surface area (Å²) in [6.45, 7) is 1.44. The van der Waals surface area contributed by atoms with Gasteiger partial charge in [0.25, 0.3) is 0 Å². The van der Waals surface area contributed by atoms with E-state index in [1.54, 1.807) is 7.11 Å². The predicted molar refractivity (Wildman–Crippen MR) is 42.8 cm³/mol. The highest BCUT2D eigenvalue weighted by Gasteiger charge is 2.54. The Morgan fingerprint density at radius 1 is 1.67 bits per heavy atom. The van der Waals surface area contributed by atoms with Gasteiger partial charge in [0.1, 0.15) is 6.29 Å². The molecule has 1 aliphatic carbocycles. The fourth-order valence-electron chi connectivity index (χ4n) is 2.14. The summed E-state index contributed by atoms with van der Waals surface area (Å²) in [4.78, 5) is 10.5. The van der Waals surface area contributed by atoms with Crippen molar-refractivity contribution < 1.29 is 14.3 Å². The zero-order valence-corrected chi connectivity index (χ0v) is 7.29. The third-order valence-corrected chi connectivity index (χ3v) is 3.11. The van der Waals surface area contributed by atoms with Crippen molar-refractivity contribution in [2.24, 2.45) is 11.8 Å². The minimum atomic E-state index is -0.133. The Hall–Kier alpha value is -0.410. The van der Waals surface area contributed by atoms with E-state index in [0.29, 0.717) is 12.5 Å². The molecule has 2 fully saturated rings. The number of hydrogen-bond donors (Lipinski definition) is 0. The Balaban J connectivity index is 2.03. The number of methoxy groups -OCH3 is 1. The largest absolute Gasteiger partial charge is 0.378 e. The second-order valence-corrected chi connectivity index (χ2v) is 3.71. The summed E-state index contributed by atoms with van der Waals surface area (Å²) in [7, 11) is 1.72. The van der Waals surface area contributed by atoms with Gasteiger partial charge >= 0.3 is 0 Å². The number of aldehydes is 1. The van der Waals surface area contributed by atoms with Crippen molar-refractivity contribution in [3.63, 3.8) is 0 Å². The molecule has 0 aromatic carbocycles. The maximum absolute atomic E-state index is 10.5. The summed E-state index contributed by atoms with van der Waals surface area (Å²) in [5.74, 6) is 0.647. The van der Waals surface area contributed by atoms with E-state index in [9.17, 15) is 4.79 Å². The van der Waals surface area contributed by atoms with E-state index in [0.717, 1.165) is 25.7 Å². The minimum Gasteiger partial charge on any atom is -0.378 e. The van der Waals surface area contributed by atoms with Crippen molar-refractivity contribution >= 4 is 6.29 Å². The second-order valence-electron chi connectivity index (χ2n) is 3.71. The Labute approximate surface area is 72.0 Å². The molecule has 0 N–H and O–H groups in total. The van der Waals surface area contributed by atoms with E-state index in [2.05, 4.69) is 0 Å². The highest BCUT2D eigenvalue weighted by atomic mass is 16.5. The maximum atomic E-state index is 10.5. The molecule has 0 aromatic heterocycles. The molecule has 1 heterocycles. The quantitative estimate of drug-likeness (QED) is 0.583. The van der Waals surface area contributed by atoms with Gasteiger partial charge in [0.05, 0.1) is 12.2 Å². The van der Waals surface area contributed by atoms with Crippen LogP contribution in [-0.4, -0.2) is 32.2 Å². The molecular weight excluding hydrogens is 156 g/mol. The molecule has 0 spiro atoms. The molecule has 68 valence electrons. The lowest BCUT2D eigenvalue weighted by Gasteiger charge is -2.25. The van der Waals surface area contributed by atoms with Crippen molar-refractivity contribution in [1.82, 2.24) is 0 Å². The van der Waals surface area contributed by atoms with E-state index in [1.165, 1.54) is 0 Å². The molecule has 3 heteroatoms. The zero-order chi connectivity index (χ0) is 8.60. The molecule has 1 saturated carbocycles. The number of hydrogen-bond acceptors (Lipinski definition) is 3.